The van der Waals surface area contributed by atoms with E-state index in [1.165, 1.54) is 32.0 Å². The van der Waals surface area contributed by atoms with Gasteiger partial charge in [0, 0.05) is 65.8 Å². The van der Waals surface area contributed by atoms with Crippen LogP contribution in [0.1, 0.15) is 42.9 Å². The van der Waals surface area contributed by atoms with E-state index in [2.05, 4.69) is 56.2 Å². The molecule has 4 aromatic heterocycles. The summed E-state index contributed by atoms with van der Waals surface area (Å²) >= 11 is 0. The van der Waals surface area contributed by atoms with Gasteiger partial charge in [-0.05, 0) is 56.0 Å². The lowest BCUT2D eigenvalue weighted by Crippen LogP contribution is -2.18. The molecule has 0 aliphatic carbocycles. The van der Waals surface area contributed by atoms with Crippen molar-refractivity contribution in [2.45, 2.75) is 31.6 Å². The first-order chi connectivity index (χ1) is 22.1. The fourth-order valence-corrected chi connectivity index (χ4v) is 7.70. The minimum atomic E-state index is -0.206. The van der Waals surface area contributed by atoms with Crippen LogP contribution in [0.2, 0.25) is 0 Å². The Kier molecular flexibility index (Phi) is 4.98. The van der Waals surface area contributed by atoms with Gasteiger partial charge in [0.2, 0.25) is 11.6 Å². The summed E-state index contributed by atoms with van der Waals surface area (Å²) < 4.78 is 3.91. The number of fused-ring (bicyclic) bond motifs is 2. The molecule has 4 N–H and O–H groups in total. The number of hydrogen-bond acceptors (Lipinski definition) is 10. The quantitative estimate of drug-likeness (QED) is 0.274. The molecule has 12 heteroatoms. The maximum atomic E-state index is 6.76. The van der Waals surface area contributed by atoms with Gasteiger partial charge in [0.05, 0.1) is 39.5 Å². The number of rotatable bonds is 4. The van der Waals surface area contributed by atoms with Crippen LogP contribution in [0.15, 0.2) is 54.0 Å². The van der Waals surface area contributed by atoms with Crippen molar-refractivity contribution in [2.75, 3.05) is 47.4 Å². The van der Waals surface area contributed by atoms with Crippen molar-refractivity contribution in [1.29, 1.82) is 0 Å². The van der Waals surface area contributed by atoms with E-state index in [4.69, 9.17) is 31.4 Å². The summed E-state index contributed by atoms with van der Waals surface area (Å²) in [6.45, 7) is 4.18. The zero-order valence-corrected chi connectivity index (χ0v) is 24.6. The number of nitrogens with zero attached hydrogens (tertiary/aromatic N) is 10. The summed E-state index contributed by atoms with van der Waals surface area (Å²) in [6.07, 6.45) is 10.1. The van der Waals surface area contributed by atoms with Crippen LogP contribution in [0.5, 0.6) is 0 Å². The van der Waals surface area contributed by atoms with Crippen molar-refractivity contribution in [2.24, 2.45) is 4.99 Å². The van der Waals surface area contributed by atoms with Crippen LogP contribution in [0.25, 0.3) is 44.7 Å². The van der Waals surface area contributed by atoms with Gasteiger partial charge in [0.25, 0.3) is 0 Å². The van der Waals surface area contributed by atoms with Gasteiger partial charge >= 0.3 is 0 Å². The lowest BCUT2D eigenvalue weighted by molar-refractivity contribution is 0.949. The molecule has 45 heavy (non-hydrogen) atoms. The third-order valence-corrected chi connectivity index (χ3v) is 9.81. The normalized spacial score (nSPS) is 18.2. The van der Waals surface area contributed by atoms with E-state index in [-0.39, 0.29) is 5.92 Å². The fourth-order valence-electron chi connectivity index (χ4n) is 7.70. The van der Waals surface area contributed by atoms with E-state index >= 15 is 0 Å². The molecule has 7 heterocycles. The highest BCUT2D eigenvalue weighted by Crippen LogP contribution is 2.45. The number of hydrogen-bond donors (Lipinski definition) is 2. The third-order valence-electron chi connectivity index (χ3n) is 9.81. The zero-order chi connectivity index (χ0) is 29.8. The van der Waals surface area contributed by atoms with Gasteiger partial charge in [-0.15, -0.1) is 0 Å². The SMILES string of the molecule is Nc1cc(N2CCCC2)cc2c1C(c1nc3ncnc4nc(-n5cnc6cc(N7CCCC7)cc(N)c65)c5ccc1c5n34)C=N2. The van der Waals surface area contributed by atoms with Crippen LogP contribution in [-0.2, 0) is 0 Å². The molecule has 3 aliphatic heterocycles. The lowest BCUT2D eigenvalue weighted by Gasteiger charge is -2.21. The Morgan fingerprint density at radius 3 is 2.18 bits per heavy atom. The Labute approximate surface area is 257 Å². The summed E-state index contributed by atoms with van der Waals surface area (Å²) in [6, 6.07) is 12.6. The summed E-state index contributed by atoms with van der Waals surface area (Å²) in [7, 11) is 0. The van der Waals surface area contributed by atoms with E-state index in [0.717, 1.165) is 87.5 Å². The minimum absolute atomic E-state index is 0.206. The van der Waals surface area contributed by atoms with Crippen molar-refractivity contribution in [3.63, 3.8) is 0 Å². The fraction of sp³-hybridized carbons (Fsp3) is 0.273. The molecule has 1 atom stereocenters. The lowest BCUT2D eigenvalue weighted by atomic mass is 9.93. The molecule has 2 fully saturated rings. The van der Waals surface area contributed by atoms with Crippen molar-refractivity contribution in [3.8, 4) is 5.82 Å². The van der Waals surface area contributed by atoms with Crippen LogP contribution in [0.4, 0.5) is 28.4 Å². The first-order valence-corrected chi connectivity index (χ1v) is 15.6. The number of anilines is 4. The van der Waals surface area contributed by atoms with Gasteiger partial charge in [-0.2, -0.15) is 4.98 Å². The predicted molar refractivity (Wildman–Crippen MR) is 178 cm³/mol. The Morgan fingerprint density at radius 1 is 0.711 bits per heavy atom. The van der Waals surface area contributed by atoms with E-state index in [9.17, 15) is 0 Å². The number of aromatic nitrogens is 7. The monoisotopic (exact) mass is 594 g/mol. The van der Waals surface area contributed by atoms with Gasteiger partial charge in [0.1, 0.15) is 12.7 Å². The molecular weight excluding hydrogens is 564 g/mol. The molecule has 12 nitrogen and oxygen atoms in total. The van der Waals surface area contributed by atoms with Gasteiger partial charge in [0.15, 0.2) is 5.82 Å². The molecule has 0 saturated carbocycles. The van der Waals surface area contributed by atoms with Crippen LogP contribution < -0.4 is 21.3 Å². The van der Waals surface area contributed by atoms with Crippen molar-refractivity contribution >= 4 is 73.5 Å². The molecule has 3 aliphatic rings. The third kappa shape index (κ3) is 3.47. The number of nitrogen functional groups attached to an aromatic ring is 2. The van der Waals surface area contributed by atoms with Crippen molar-refractivity contribution in [3.05, 3.63) is 60.3 Å². The standard InChI is InChI=1S/C33H30N12/c34-23-11-18(42-7-1-2-8-42)13-25-27(23)22(15-36-25)28-20-5-6-21-29(20)45-32(40-28)37-16-38-33(45)41-31(21)44-17-39-26-14-19(12-24(35)30(26)44)43-9-3-4-10-43/h5-6,11-17,22H,1-4,7-10,34-35H2. The molecule has 0 amide bonds. The number of nitrogens with two attached hydrogens (primary N) is 2. The Morgan fingerprint density at radius 2 is 1.40 bits per heavy atom. The largest absolute Gasteiger partial charge is 0.398 e. The minimum Gasteiger partial charge on any atom is -0.398 e. The van der Waals surface area contributed by atoms with Crippen molar-refractivity contribution in [1.82, 2.24) is 33.9 Å². The topological polar surface area (TPSA) is 145 Å². The summed E-state index contributed by atoms with van der Waals surface area (Å²) in [4.78, 5) is 33.6. The van der Waals surface area contributed by atoms with Crippen LogP contribution in [0.3, 0.4) is 0 Å². The second kappa shape index (κ2) is 9.00. The molecule has 0 spiro atoms. The highest BCUT2D eigenvalue weighted by molar-refractivity contribution is 6.07. The number of aliphatic imine (C=N–C) groups is 1. The maximum absolute atomic E-state index is 6.76. The molecule has 222 valence electrons. The smallest absolute Gasteiger partial charge is 0.240 e. The highest BCUT2D eigenvalue weighted by atomic mass is 15.2. The predicted octanol–water partition coefficient (Wildman–Crippen LogP) is 4.82. The van der Waals surface area contributed by atoms with E-state index in [1.54, 1.807) is 6.33 Å². The molecule has 0 radical (unpaired) electrons. The Balaban J connectivity index is 1.16. The summed E-state index contributed by atoms with van der Waals surface area (Å²) in [5, 5.41) is 1.91. The Bertz CT molecular complexity index is 2340. The highest BCUT2D eigenvalue weighted by Gasteiger charge is 2.31. The van der Waals surface area contributed by atoms with Gasteiger partial charge < -0.3 is 21.3 Å². The van der Waals surface area contributed by atoms with Gasteiger partial charge in [-0.1, -0.05) is 6.07 Å². The van der Waals surface area contributed by atoms with Gasteiger partial charge in [-0.3, -0.25) is 9.56 Å². The summed E-state index contributed by atoms with van der Waals surface area (Å²) in [5.74, 6) is 1.53. The molecular formula is C33H30N12. The molecule has 10 rings (SSSR count). The second-order valence-electron chi connectivity index (χ2n) is 12.4. The average molecular weight is 595 g/mol. The number of imidazole rings is 1. The summed E-state index contributed by atoms with van der Waals surface area (Å²) in [5.41, 5.74) is 22.5. The molecule has 1 unspecified atom stereocenters. The average Bonchev–Trinajstić information content (AvgIpc) is 3.88. The maximum Gasteiger partial charge on any atom is 0.240 e. The second-order valence-corrected chi connectivity index (χ2v) is 12.4. The van der Waals surface area contributed by atoms with Crippen LogP contribution in [-0.4, -0.2) is 66.3 Å². The van der Waals surface area contributed by atoms with Crippen LogP contribution in [0, 0.1) is 0 Å². The Hall–Kier alpha value is -5.52. The van der Waals surface area contributed by atoms with Gasteiger partial charge in [-0.25, -0.2) is 24.3 Å². The van der Waals surface area contributed by atoms with E-state index in [0.29, 0.717) is 23.1 Å². The number of benzene rings is 2. The van der Waals surface area contributed by atoms with E-state index < -0.39 is 0 Å². The first-order valence-electron chi connectivity index (χ1n) is 15.6. The van der Waals surface area contributed by atoms with Crippen molar-refractivity contribution < 1.29 is 0 Å². The van der Waals surface area contributed by atoms with Crippen LogP contribution >= 0.6 is 0 Å². The zero-order valence-electron chi connectivity index (χ0n) is 24.6. The molecule has 3 aromatic carbocycles. The van der Waals surface area contributed by atoms with E-state index in [1.807, 2.05) is 15.2 Å². The molecule has 2 saturated heterocycles. The molecule has 7 aromatic rings. The first kappa shape index (κ1) is 24.9. The molecule has 0 bridgehead atoms.